The molecule has 3 aromatic rings. The van der Waals surface area contributed by atoms with E-state index < -0.39 is 18.0 Å². The molecule has 0 aliphatic carbocycles. The molecule has 1 unspecified atom stereocenters. The zero-order chi connectivity index (χ0) is 32.7. The van der Waals surface area contributed by atoms with Gasteiger partial charge >= 0.3 is 6.03 Å². The normalized spacial score (nSPS) is 18.2. The van der Waals surface area contributed by atoms with Crippen molar-refractivity contribution in [1.29, 1.82) is 0 Å². The zero-order valence-electron chi connectivity index (χ0n) is 26.6. The molecule has 5 N–H and O–H groups in total. The Hall–Kier alpha value is -4.77. The Balaban J connectivity index is 1.59. The van der Waals surface area contributed by atoms with Crippen LogP contribution in [0, 0.1) is 0 Å². The van der Waals surface area contributed by atoms with E-state index >= 15 is 0 Å². The summed E-state index contributed by atoms with van der Waals surface area (Å²) in [5, 5.41) is 15.5. The van der Waals surface area contributed by atoms with Crippen LogP contribution in [0.15, 0.2) is 66.7 Å². The lowest BCUT2D eigenvalue weighted by Gasteiger charge is -2.36. The van der Waals surface area contributed by atoms with E-state index in [1.807, 2.05) is 32.0 Å². The van der Waals surface area contributed by atoms with Gasteiger partial charge in [0.2, 0.25) is 5.91 Å². The molecule has 11 heteroatoms. The van der Waals surface area contributed by atoms with Gasteiger partial charge in [0, 0.05) is 35.7 Å². The summed E-state index contributed by atoms with van der Waals surface area (Å²) in [6, 6.07) is 17.3. The molecule has 1 aliphatic rings. The highest BCUT2D eigenvalue weighted by atomic mass is 16.5. The van der Waals surface area contributed by atoms with Gasteiger partial charge in [0.25, 0.3) is 5.91 Å². The number of anilines is 1. The molecule has 1 heterocycles. The predicted molar refractivity (Wildman–Crippen MR) is 172 cm³/mol. The number of carbonyl (C=O) groups is 3. The zero-order valence-corrected chi connectivity index (χ0v) is 26.6. The minimum atomic E-state index is -0.941. The number of quaternary nitrogens is 1. The summed E-state index contributed by atoms with van der Waals surface area (Å²) in [6.45, 7) is 5.82. The van der Waals surface area contributed by atoms with Crippen molar-refractivity contribution >= 4 is 23.5 Å². The van der Waals surface area contributed by atoms with Crippen LogP contribution < -0.4 is 25.8 Å². The highest BCUT2D eigenvalue weighted by Crippen LogP contribution is 2.32. The highest BCUT2D eigenvalue weighted by Gasteiger charge is 2.43. The molecule has 1 saturated heterocycles. The lowest BCUT2D eigenvalue weighted by atomic mass is 10.0. The molecular weight excluding hydrogens is 574 g/mol. The Morgan fingerprint density at radius 2 is 1.62 bits per heavy atom. The standard InChI is InChI=1S/C34H43N5O6/c1-22(2)36-33(42)25-9-11-26(12-10-25)37-34(43)38(29(32(35)41)18-23-6-13-28(40)14-7-23)27-16-17-39(3,21-27)20-24-8-15-30(44-4)31(19-24)45-5/h6-15,19,22,27,29H,16-18,20-21H2,1-5H3,(H4-,35,36,37,40,41,42,43)/p+1/t27-,29+,39?/m1/s1. The average molecular weight is 619 g/mol. The van der Waals surface area contributed by atoms with Gasteiger partial charge in [0.1, 0.15) is 18.3 Å². The molecule has 0 bridgehead atoms. The first-order valence-corrected chi connectivity index (χ1v) is 15.0. The smallest absolute Gasteiger partial charge is 0.323 e. The number of primary amides is 1. The van der Waals surface area contributed by atoms with Crippen LogP contribution in [-0.2, 0) is 17.8 Å². The van der Waals surface area contributed by atoms with Gasteiger partial charge in [-0.3, -0.25) is 9.59 Å². The van der Waals surface area contributed by atoms with Crippen molar-refractivity contribution < 1.29 is 33.4 Å². The van der Waals surface area contributed by atoms with Crippen LogP contribution in [0.3, 0.4) is 0 Å². The summed E-state index contributed by atoms with van der Waals surface area (Å²) in [5.41, 5.74) is 8.75. The number of methoxy groups -OCH3 is 2. The quantitative estimate of drug-likeness (QED) is 0.227. The number of hydrogen-bond donors (Lipinski definition) is 4. The molecule has 3 aromatic carbocycles. The molecule has 3 atom stereocenters. The van der Waals surface area contributed by atoms with Gasteiger partial charge in [-0.1, -0.05) is 12.1 Å². The van der Waals surface area contributed by atoms with Crippen molar-refractivity contribution in [3.05, 3.63) is 83.4 Å². The first-order chi connectivity index (χ1) is 21.4. The van der Waals surface area contributed by atoms with Crippen LogP contribution in [0.4, 0.5) is 10.5 Å². The van der Waals surface area contributed by atoms with Gasteiger partial charge in [-0.15, -0.1) is 0 Å². The van der Waals surface area contributed by atoms with Gasteiger partial charge in [-0.05, 0) is 74.0 Å². The molecule has 0 radical (unpaired) electrons. The van der Waals surface area contributed by atoms with E-state index in [-0.39, 0.29) is 30.2 Å². The number of phenols is 1. The van der Waals surface area contributed by atoms with E-state index in [4.69, 9.17) is 15.2 Å². The van der Waals surface area contributed by atoms with Crippen LogP contribution in [0.1, 0.15) is 41.8 Å². The second-order valence-electron chi connectivity index (χ2n) is 12.1. The molecule has 4 rings (SSSR count). The lowest BCUT2D eigenvalue weighted by molar-refractivity contribution is -0.911. The summed E-state index contributed by atoms with van der Waals surface area (Å²) in [5.74, 6) is 0.574. The number of rotatable bonds is 12. The summed E-state index contributed by atoms with van der Waals surface area (Å²) in [4.78, 5) is 41.0. The van der Waals surface area contributed by atoms with Crippen LogP contribution in [0.2, 0.25) is 0 Å². The van der Waals surface area contributed by atoms with Gasteiger partial charge < -0.3 is 40.3 Å². The average Bonchev–Trinajstić information content (AvgIpc) is 3.38. The second-order valence-corrected chi connectivity index (χ2v) is 12.1. The van der Waals surface area contributed by atoms with E-state index in [0.29, 0.717) is 46.7 Å². The number of ether oxygens (including phenoxy) is 2. The Labute approximate surface area is 264 Å². The number of nitrogens with two attached hydrogens (primary N) is 1. The SMILES string of the molecule is COc1ccc(C[N+]2(C)CC[C@@H](N(C(=O)Nc3ccc(C(=O)NC(C)C)cc3)[C@@H](Cc3ccc(O)cc3)C(N)=O)C2)cc1OC. The fourth-order valence-electron chi connectivity index (χ4n) is 5.93. The fraction of sp³-hybridized carbons (Fsp3) is 0.382. The van der Waals surface area contributed by atoms with Crippen molar-refractivity contribution in [2.75, 3.05) is 39.7 Å². The van der Waals surface area contributed by atoms with Crippen LogP contribution in [0.25, 0.3) is 0 Å². The van der Waals surface area contributed by atoms with Crippen LogP contribution in [-0.4, -0.2) is 84.8 Å². The Morgan fingerprint density at radius 3 is 2.22 bits per heavy atom. The van der Waals surface area contributed by atoms with Crippen molar-refractivity contribution in [3.8, 4) is 17.2 Å². The molecule has 11 nitrogen and oxygen atoms in total. The van der Waals surface area contributed by atoms with Gasteiger partial charge in [0.15, 0.2) is 11.5 Å². The highest BCUT2D eigenvalue weighted by molar-refractivity contribution is 5.96. The van der Waals surface area contributed by atoms with Crippen molar-refractivity contribution in [1.82, 2.24) is 10.2 Å². The number of amides is 4. The van der Waals surface area contributed by atoms with Crippen molar-refractivity contribution in [3.63, 3.8) is 0 Å². The van der Waals surface area contributed by atoms with Crippen molar-refractivity contribution in [2.24, 2.45) is 5.73 Å². The molecule has 45 heavy (non-hydrogen) atoms. The summed E-state index contributed by atoms with van der Waals surface area (Å²) in [6.07, 6.45) is 0.845. The first-order valence-electron chi connectivity index (χ1n) is 15.0. The number of phenolic OH excluding ortho intramolecular Hbond substituents is 1. The minimum absolute atomic E-state index is 0.00741. The number of likely N-dealkylation sites (N-methyl/N-ethyl adjacent to an activating group) is 1. The fourth-order valence-corrected chi connectivity index (χ4v) is 5.93. The second kappa shape index (κ2) is 14.3. The minimum Gasteiger partial charge on any atom is -0.508 e. The number of hydrogen-bond acceptors (Lipinski definition) is 6. The molecule has 1 aliphatic heterocycles. The van der Waals surface area contributed by atoms with E-state index in [9.17, 15) is 19.5 Å². The Bertz CT molecular complexity index is 1490. The first kappa shape index (κ1) is 33.1. The van der Waals surface area contributed by atoms with Gasteiger partial charge in [-0.25, -0.2) is 4.79 Å². The van der Waals surface area contributed by atoms with Gasteiger partial charge in [0.05, 0.1) is 40.4 Å². The monoisotopic (exact) mass is 618 g/mol. The number of aromatic hydroxyl groups is 1. The number of benzene rings is 3. The summed E-state index contributed by atoms with van der Waals surface area (Å²) >= 11 is 0. The Morgan fingerprint density at radius 1 is 0.978 bits per heavy atom. The molecule has 1 fully saturated rings. The molecule has 0 aromatic heterocycles. The third-order valence-electron chi connectivity index (χ3n) is 8.14. The van der Waals surface area contributed by atoms with Gasteiger partial charge in [-0.2, -0.15) is 0 Å². The summed E-state index contributed by atoms with van der Waals surface area (Å²) < 4.78 is 11.5. The van der Waals surface area contributed by atoms with Crippen molar-refractivity contribution in [2.45, 2.75) is 51.4 Å². The lowest BCUT2D eigenvalue weighted by Crippen LogP contribution is -2.56. The number of nitrogens with zero attached hydrogens (tertiary/aromatic N) is 2. The molecule has 0 spiro atoms. The maximum Gasteiger partial charge on any atom is 0.323 e. The van der Waals surface area contributed by atoms with E-state index in [0.717, 1.165) is 17.7 Å². The largest absolute Gasteiger partial charge is 0.508 e. The third kappa shape index (κ3) is 8.45. The summed E-state index contributed by atoms with van der Waals surface area (Å²) in [7, 11) is 5.33. The van der Waals surface area contributed by atoms with E-state index in [1.54, 1.807) is 67.7 Å². The van der Waals surface area contributed by atoms with Crippen LogP contribution in [0.5, 0.6) is 17.2 Å². The maximum absolute atomic E-state index is 14.0. The number of urea groups is 1. The van der Waals surface area contributed by atoms with E-state index in [2.05, 4.69) is 17.7 Å². The predicted octanol–water partition coefficient (Wildman–Crippen LogP) is 3.90. The number of carbonyl (C=O) groups excluding carboxylic acids is 3. The maximum atomic E-state index is 14.0. The van der Waals surface area contributed by atoms with Crippen LogP contribution >= 0.6 is 0 Å². The number of nitrogens with one attached hydrogen (secondary N) is 2. The number of likely N-dealkylation sites (tertiary alicyclic amines) is 1. The third-order valence-corrected chi connectivity index (χ3v) is 8.14. The molecule has 240 valence electrons. The molecule has 0 saturated carbocycles. The topological polar surface area (TPSA) is 143 Å². The van der Waals surface area contributed by atoms with E-state index in [1.165, 1.54) is 0 Å². The molecular formula is C34H44N5O6+. The Kier molecular flexibility index (Phi) is 10.6. The molecule has 4 amide bonds.